The Hall–Kier alpha value is -0.310. The SMILES string of the molecule is CC[C@@H]1CCC2C(CBr)=C(C(F)(F)F)O[C@@H]3O[C@@H](C)CCC1[C@@]23OO. The van der Waals surface area contributed by atoms with E-state index in [9.17, 15) is 18.4 Å². The molecule has 8 heteroatoms. The van der Waals surface area contributed by atoms with Crippen LogP contribution in [0.3, 0.4) is 0 Å². The van der Waals surface area contributed by atoms with Gasteiger partial charge in [0.05, 0.1) is 6.10 Å². The van der Waals surface area contributed by atoms with Gasteiger partial charge in [-0.2, -0.15) is 13.2 Å². The minimum atomic E-state index is -4.61. The summed E-state index contributed by atoms with van der Waals surface area (Å²) in [6, 6.07) is 0. The topological polar surface area (TPSA) is 47.9 Å². The van der Waals surface area contributed by atoms with Gasteiger partial charge in [-0.1, -0.05) is 29.3 Å². The Labute approximate surface area is 153 Å². The van der Waals surface area contributed by atoms with Gasteiger partial charge in [0.25, 0.3) is 0 Å². The second-order valence-corrected chi connectivity index (χ2v) is 7.87. The largest absolute Gasteiger partial charge is 0.456 e. The highest BCUT2D eigenvalue weighted by Gasteiger charge is 2.65. The van der Waals surface area contributed by atoms with E-state index in [1.165, 1.54) is 0 Å². The van der Waals surface area contributed by atoms with Crippen molar-refractivity contribution in [3.8, 4) is 0 Å². The lowest BCUT2D eigenvalue weighted by molar-refractivity contribution is -0.420. The van der Waals surface area contributed by atoms with Gasteiger partial charge >= 0.3 is 6.18 Å². The van der Waals surface area contributed by atoms with Crippen LogP contribution in [0.2, 0.25) is 0 Å². The Morgan fingerprint density at radius 3 is 2.56 bits per heavy atom. The van der Waals surface area contributed by atoms with Crippen LogP contribution >= 0.6 is 15.9 Å². The monoisotopic (exact) mass is 428 g/mol. The van der Waals surface area contributed by atoms with Gasteiger partial charge in [-0.3, -0.25) is 5.26 Å². The molecule has 2 fully saturated rings. The van der Waals surface area contributed by atoms with Crippen LogP contribution in [0.4, 0.5) is 13.2 Å². The number of alkyl halides is 4. The van der Waals surface area contributed by atoms with Crippen LogP contribution in [0.15, 0.2) is 11.3 Å². The highest BCUT2D eigenvalue weighted by atomic mass is 79.9. The molecular formula is C17H24BrF3O4. The van der Waals surface area contributed by atoms with Crippen molar-refractivity contribution in [3.63, 3.8) is 0 Å². The third-order valence-electron chi connectivity index (χ3n) is 6.15. The normalized spacial score (nSPS) is 41.8. The highest BCUT2D eigenvalue weighted by molar-refractivity contribution is 9.09. The second-order valence-electron chi connectivity index (χ2n) is 7.31. The average molecular weight is 429 g/mol. The Morgan fingerprint density at radius 1 is 1.28 bits per heavy atom. The molecule has 0 bridgehead atoms. The molecule has 4 nitrogen and oxygen atoms in total. The summed E-state index contributed by atoms with van der Waals surface area (Å²) in [5, 5.41) is 9.95. The minimum absolute atomic E-state index is 0.0173. The fraction of sp³-hybridized carbons (Fsp3) is 0.882. The van der Waals surface area contributed by atoms with Crippen molar-refractivity contribution in [2.24, 2.45) is 17.8 Å². The Morgan fingerprint density at radius 2 is 2.00 bits per heavy atom. The number of allylic oxidation sites excluding steroid dienone is 1. The van der Waals surface area contributed by atoms with Crippen LogP contribution in [0.1, 0.15) is 46.0 Å². The van der Waals surface area contributed by atoms with Gasteiger partial charge in [0.15, 0.2) is 5.60 Å². The van der Waals surface area contributed by atoms with Crippen LogP contribution in [0.25, 0.3) is 0 Å². The van der Waals surface area contributed by atoms with Crippen molar-refractivity contribution in [1.82, 2.24) is 0 Å². The van der Waals surface area contributed by atoms with Gasteiger partial charge < -0.3 is 9.47 Å². The van der Waals surface area contributed by atoms with Crippen molar-refractivity contribution in [2.75, 3.05) is 5.33 Å². The van der Waals surface area contributed by atoms with Crippen LogP contribution < -0.4 is 0 Å². The number of rotatable bonds is 3. The summed E-state index contributed by atoms with van der Waals surface area (Å²) in [4.78, 5) is 5.03. The van der Waals surface area contributed by atoms with Gasteiger partial charge in [-0.25, -0.2) is 4.89 Å². The number of halogens is 4. The van der Waals surface area contributed by atoms with E-state index in [4.69, 9.17) is 14.4 Å². The summed E-state index contributed by atoms with van der Waals surface area (Å²) < 4.78 is 51.9. The molecule has 1 aliphatic carbocycles. The Balaban J connectivity index is 2.16. The zero-order chi connectivity index (χ0) is 18.4. The third kappa shape index (κ3) is 3.03. The van der Waals surface area contributed by atoms with E-state index in [1.807, 2.05) is 6.92 Å². The smallest absolute Gasteiger partial charge is 0.449 e. The van der Waals surface area contributed by atoms with Crippen LogP contribution in [0, 0.1) is 17.8 Å². The van der Waals surface area contributed by atoms with Crippen molar-refractivity contribution in [3.05, 3.63) is 11.3 Å². The molecule has 0 aromatic heterocycles. The first-order valence-corrected chi connectivity index (χ1v) is 9.92. The van der Waals surface area contributed by atoms with Gasteiger partial charge in [-0.15, -0.1) is 0 Å². The summed E-state index contributed by atoms with van der Waals surface area (Å²) in [6.07, 6.45) is -2.52. The van der Waals surface area contributed by atoms with E-state index in [2.05, 4.69) is 22.9 Å². The first kappa shape index (κ1) is 19.5. The van der Waals surface area contributed by atoms with Crippen LogP contribution in [-0.4, -0.2) is 34.8 Å². The lowest BCUT2D eigenvalue weighted by atomic mass is 9.58. The summed E-state index contributed by atoms with van der Waals surface area (Å²) in [6.45, 7) is 3.88. The van der Waals surface area contributed by atoms with Crippen molar-refractivity contribution >= 4 is 15.9 Å². The summed E-state index contributed by atoms with van der Waals surface area (Å²) in [5.74, 6) is -1.45. The maximum Gasteiger partial charge on any atom is 0.449 e. The lowest BCUT2D eigenvalue weighted by Crippen LogP contribution is -2.64. The predicted molar refractivity (Wildman–Crippen MR) is 88.0 cm³/mol. The Bertz CT molecular complexity index is 538. The second kappa shape index (κ2) is 7.02. The average Bonchev–Trinajstić information content (AvgIpc) is 2.71. The summed E-state index contributed by atoms with van der Waals surface area (Å²) >= 11 is 3.19. The van der Waals surface area contributed by atoms with E-state index in [0.29, 0.717) is 12.8 Å². The zero-order valence-corrected chi connectivity index (χ0v) is 15.9. The van der Waals surface area contributed by atoms with Gasteiger partial charge in [0, 0.05) is 17.2 Å². The standard InChI is InChI=1S/C17H24BrF3O4/c1-3-10-5-7-13-11(8-18)14(17(19,20)21)24-15-16(13,25-22)12(10)6-4-9(2)23-15/h9-10,12-13,15,22H,3-8H2,1-2H3/t9-,10+,12?,13?,15-,16+/m0/s1. The first-order valence-electron chi connectivity index (χ1n) is 8.80. The van der Waals surface area contributed by atoms with Crippen molar-refractivity contribution in [1.29, 1.82) is 0 Å². The first-order chi connectivity index (χ1) is 11.8. The molecule has 3 rings (SSSR count). The molecule has 2 heterocycles. The molecule has 1 saturated heterocycles. The van der Waals surface area contributed by atoms with Gasteiger partial charge in [0.2, 0.25) is 12.0 Å². The van der Waals surface area contributed by atoms with Crippen molar-refractivity contribution in [2.45, 2.75) is 70.1 Å². The zero-order valence-electron chi connectivity index (χ0n) is 14.3. The van der Waals surface area contributed by atoms with E-state index < -0.39 is 29.7 Å². The molecule has 0 aromatic rings. The molecule has 3 aliphatic rings. The number of hydrogen-bond donors (Lipinski definition) is 1. The van der Waals surface area contributed by atoms with Crippen molar-refractivity contribution < 1.29 is 32.8 Å². The molecule has 2 aliphatic heterocycles. The molecule has 1 saturated carbocycles. The summed E-state index contributed by atoms with van der Waals surface area (Å²) in [5.41, 5.74) is -1.18. The van der Waals surface area contributed by atoms with E-state index in [0.717, 1.165) is 19.3 Å². The predicted octanol–water partition coefficient (Wildman–Crippen LogP) is 5.03. The van der Waals surface area contributed by atoms with Gasteiger partial charge in [-0.05, 0) is 44.1 Å². The molecule has 0 spiro atoms. The minimum Gasteiger partial charge on any atom is -0.456 e. The van der Waals surface area contributed by atoms with Crippen LogP contribution in [0.5, 0.6) is 0 Å². The molecule has 6 atom stereocenters. The third-order valence-corrected chi connectivity index (χ3v) is 6.75. The number of ether oxygens (including phenoxy) is 2. The van der Waals surface area contributed by atoms with Crippen LogP contribution in [-0.2, 0) is 14.4 Å². The summed E-state index contributed by atoms with van der Waals surface area (Å²) in [7, 11) is 0. The molecule has 25 heavy (non-hydrogen) atoms. The van der Waals surface area contributed by atoms with Gasteiger partial charge in [0.1, 0.15) is 0 Å². The maximum absolute atomic E-state index is 13.6. The molecule has 0 amide bonds. The molecule has 0 aromatic carbocycles. The fourth-order valence-corrected chi connectivity index (χ4v) is 5.65. The molecule has 1 N–H and O–H groups in total. The fourth-order valence-electron chi connectivity index (χ4n) is 5.01. The molecular weight excluding hydrogens is 405 g/mol. The molecule has 144 valence electrons. The van der Waals surface area contributed by atoms with E-state index in [1.54, 1.807) is 0 Å². The molecule has 0 radical (unpaired) electrons. The highest BCUT2D eigenvalue weighted by Crippen LogP contribution is 2.58. The number of hydrogen-bond acceptors (Lipinski definition) is 4. The maximum atomic E-state index is 13.6. The lowest BCUT2D eigenvalue weighted by Gasteiger charge is -2.55. The molecule has 2 unspecified atom stereocenters. The van der Waals surface area contributed by atoms with E-state index in [-0.39, 0.29) is 28.8 Å². The van der Waals surface area contributed by atoms with E-state index >= 15 is 0 Å². The quantitative estimate of drug-likeness (QED) is 0.388. The Kier molecular flexibility index (Phi) is 5.46.